The first kappa shape index (κ1) is 24.4. The third-order valence-electron chi connectivity index (χ3n) is 5.18. The molecule has 33 heavy (non-hydrogen) atoms. The fourth-order valence-corrected chi connectivity index (χ4v) is 3.65. The highest BCUT2D eigenvalue weighted by Gasteiger charge is 2.37. The molecule has 0 aliphatic heterocycles. The zero-order chi connectivity index (χ0) is 24.2. The minimum absolute atomic E-state index is 0.0184. The van der Waals surface area contributed by atoms with Crippen molar-refractivity contribution in [3.63, 3.8) is 0 Å². The van der Waals surface area contributed by atoms with Crippen LogP contribution >= 0.6 is 0 Å². The number of urea groups is 1. The molecule has 3 rings (SSSR count). The van der Waals surface area contributed by atoms with Gasteiger partial charge in [0.05, 0.1) is 29.9 Å². The van der Waals surface area contributed by atoms with E-state index in [1.54, 1.807) is 0 Å². The van der Waals surface area contributed by atoms with E-state index in [1.165, 1.54) is 12.5 Å². The van der Waals surface area contributed by atoms with Crippen LogP contribution in [0.25, 0.3) is 0 Å². The van der Waals surface area contributed by atoms with Gasteiger partial charge < -0.3 is 20.9 Å². The van der Waals surface area contributed by atoms with Gasteiger partial charge in [0.25, 0.3) is 0 Å². The highest BCUT2D eigenvalue weighted by atomic mass is 19.4. The van der Waals surface area contributed by atoms with Gasteiger partial charge in [0.2, 0.25) is 5.91 Å². The molecule has 1 aliphatic rings. The van der Waals surface area contributed by atoms with Crippen molar-refractivity contribution in [2.24, 2.45) is 0 Å². The lowest BCUT2D eigenvalue weighted by Crippen LogP contribution is -2.54. The fraction of sp³-hybridized carbons (Fsp3) is 0.450. The molecule has 2 aromatic rings. The van der Waals surface area contributed by atoms with E-state index in [0.29, 0.717) is 30.7 Å². The number of nitrogens with one attached hydrogen (secondary N) is 4. The maximum Gasteiger partial charge on any atom is 0.416 e. The van der Waals surface area contributed by atoms with Crippen molar-refractivity contribution in [3.8, 4) is 0 Å². The molecule has 7 nitrogen and oxygen atoms in total. The Balaban J connectivity index is 1.67. The topological polar surface area (TPSA) is 98.9 Å². The first-order chi connectivity index (χ1) is 15.4. The van der Waals surface area contributed by atoms with Gasteiger partial charge >= 0.3 is 18.4 Å². The second kappa shape index (κ2) is 9.71. The van der Waals surface area contributed by atoms with Crippen LogP contribution in [0, 0.1) is 0 Å². The average molecular weight is 477 g/mol. The Morgan fingerprint density at radius 2 is 1.52 bits per heavy atom. The summed E-state index contributed by atoms with van der Waals surface area (Å²) in [5.74, 6) is -0.314. The number of aromatic nitrogens is 2. The summed E-state index contributed by atoms with van der Waals surface area (Å²) in [4.78, 5) is 31.3. The summed E-state index contributed by atoms with van der Waals surface area (Å²) >= 11 is 0. The molecule has 3 amide bonds. The zero-order valence-corrected chi connectivity index (χ0v) is 17.1. The monoisotopic (exact) mass is 477 g/mol. The van der Waals surface area contributed by atoms with Crippen LogP contribution < -0.4 is 16.0 Å². The molecule has 1 saturated carbocycles. The Morgan fingerprint density at radius 3 is 2.03 bits per heavy atom. The molecule has 0 saturated heterocycles. The van der Waals surface area contributed by atoms with Gasteiger partial charge in [0.1, 0.15) is 0 Å². The molecule has 1 aromatic heterocycles. The van der Waals surface area contributed by atoms with Crippen LogP contribution in [-0.4, -0.2) is 34.0 Å². The molecule has 180 valence electrons. The molecule has 0 bridgehead atoms. The average Bonchev–Trinajstić information content (AvgIpc) is 3.20. The molecule has 1 fully saturated rings. The number of aromatic amines is 1. The lowest BCUT2D eigenvalue weighted by atomic mass is 9.90. The third-order valence-corrected chi connectivity index (χ3v) is 5.18. The van der Waals surface area contributed by atoms with Crippen molar-refractivity contribution >= 4 is 17.6 Å². The van der Waals surface area contributed by atoms with Crippen LogP contribution in [0.2, 0.25) is 0 Å². The van der Waals surface area contributed by atoms with Crippen molar-refractivity contribution in [1.82, 2.24) is 20.6 Å². The van der Waals surface area contributed by atoms with E-state index in [9.17, 15) is 35.9 Å². The maximum absolute atomic E-state index is 13.0. The Kier molecular flexibility index (Phi) is 7.18. The molecule has 0 unspecified atom stereocenters. The largest absolute Gasteiger partial charge is 0.416 e. The molecule has 2 atom stereocenters. The van der Waals surface area contributed by atoms with Gasteiger partial charge in [0.15, 0.2) is 0 Å². The number of carbonyl (C=O) groups excluding carboxylic acids is 2. The van der Waals surface area contributed by atoms with Crippen molar-refractivity contribution in [2.45, 2.75) is 56.5 Å². The van der Waals surface area contributed by atoms with Crippen LogP contribution in [0.1, 0.15) is 42.5 Å². The summed E-state index contributed by atoms with van der Waals surface area (Å²) in [7, 11) is 0. The van der Waals surface area contributed by atoms with Crippen LogP contribution in [0.15, 0.2) is 30.7 Å². The molecule has 0 radical (unpaired) electrons. The van der Waals surface area contributed by atoms with Gasteiger partial charge in [-0.1, -0.05) is 12.8 Å². The predicted octanol–water partition coefficient (Wildman–Crippen LogP) is 4.24. The summed E-state index contributed by atoms with van der Waals surface area (Å²) in [5.41, 5.74) is -3.12. The number of benzene rings is 1. The summed E-state index contributed by atoms with van der Waals surface area (Å²) in [6, 6.07) is -1.11. The van der Waals surface area contributed by atoms with Gasteiger partial charge in [-0.2, -0.15) is 26.3 Å². The van der Waals surface area contributed by atoms with Crippen molar-refractivity contribution in [2.75, 3.05) is 5.32 Å². The Hall–Kier alpha value is -3.25. The van der Waals surface area contributed by atoms with Gasteiger partial charge in [-0.15, -0.1) is 0 Å². The highest BCUT2D eigenvalue weighted by molar-refractivity contribution is 5.90. The summed E-state index contributed by atoms with van der Waals surface area (Å²) in [5, 5.41) is 7.41. The van der Waals surface area contributed by atoms with Crippen LogP contribution in [0.3, 0.4) is 0 Å². The fourth-order valence-electron chi connectivity index (χ4n) is 3.65. The SMILES string of the molecule is O=C(Cc1cnc[nH]1)N[C@@H]1CCCC[C@H]1NC(=O)Nc1cc(C(F)(F)F)cc(C(F)(F)F)c1. The summed E-state index contributed by atoms with van der Waals surface area (Å²) in [6.45, 7) is 0. The molecule has 1 aliphatic carbocycles. The third kappa shape index (κ3) is 6.86. The molecular weight excluding hydrogens is 456 g/mol. The van der Waals surface area contributed by atoms with E-state index in [-0.39, 0.29) is 18.4 Å². The number of alkyl halides is 6. The molecular formula is C20H21F6N5O2. The number of rotatable bonds is 5. The highest BCUT2D eigenvalue weighted by Crippen LogP contribution is 2.37. The smallest absolute Gasteiger partial charge is 0.351 e. The number of H-pyrrole nitrogens is 1. The number of hydrogen-bond donors (Lipinski definition) is 4. The van der Waals surface area contributed by atoms with E-state index in [1.807, 2.05) is 5.32 Å². The lowest BCUT2D eigenvalue weighted by Gasteiger charge is -2.32. The Bertz CT molecular complexity index is 942. The van der Waals surface area contributed by atoms with Crippen LogP contribution in [-0.2, 0) is 23.6 Å². The van der Waals surface area contributed by atoms with Crippen LogP contribution in [0.5, 0.6) is 0 Å². The van der Waals surface area contributed by atoms with E-state index in [0.717, 1.165) is 12.8 Å². The Morgan fingerprint density at radius 1 is 0.939 bits per heavy atom. The van der Waals surface area contributed by atoms with Gasteiger partial charge in [-0.25, -0.2) is 9.78 Å². The van der Waals surface area contributed by atoms with Crippen molar-refractivity contribution < 1.29 is 35.9 Å². The number of anilines is 1. The first-order valence-electron chi connectivity index (χ1n) is 10.1. The molecule has 1 aromatic carbocycles. The van der Waals surface area contributed by atoms with E-state index in [4.69, 9.17) is 0 Å². The number of carbonyl (C=O) groups is 2. The minimum atomic E-state index is -5.03. The van der Waals surface area contributed by atoms with Gasteiger partial charge in [-0.05, 0) is 31.0 Å². The number of hydrogen-bond acceptors (Lipinski definition) is 3. The standard InChI is InChI=1S/C20H21F6N5O2/c21-19(22,23)11-5-12(20(24,25)26)7-13(6-11)29-18(33)31-16-4-2-1-3-15(16)30-17(32)8-14-9-27-10-28-14/h5-7,9-10,15-16H,1-4,8H2,(H,27,28)(H,30,32)(H2,29,31,33)/t15-,16-/m1/s1. The van der Waals surface area contributed by atoms with Gasteiger partial charge in [-0.3, -0.25) is 4.79 Å². The quantitative estimate of drug-likeness (QED) is 0.485. The van der Waals surface area contributed by atoms with E-state index in [2.05, 4.69) is 20.6 Å². The maximum atomic E-state index is 13.0. The molecule has 0 spiro atoms. The summed E-state index contributed by atoms with van der Waals surface area (Å²) < 4.78 is 78.1. The normalized spacial score (nSPS) is 19.1. The number of imidazole rings is 1. The Labute approximate surface area is 184 Å². The van der Waals surface area contributed by atoms with E-state index >= 15 is 0 Å². The minimum Gasteiger partial charge on any atom is -0.351 e. The second-order valence-corrected chi connectivity index (χ2v) is 7.71. The lowest BCUT2D eigenvalue weighted by molar-refractivity contribution is -0.143. The second-order valence-electron chi connectivity index (χ2n) is 7.71. The molecule has 13 heteroatoms. The molecule has 1 heterocycles. The van der Waals surface area contributed by atoms with Crippen molar-refractivity contribution in [3.05, 3.63) is 47.5 Å². The zero-order valence-electron chi connectivity index (χ0n) is 17.1. The predicted molar refractivity (Wildman–Crippen MR) is 105 cm³/mol. The van der Waals surface area contributed by atoms with Crippen molar-refractivity contribution in [1.29, 1.82) is 0 Å². The van der Waals surface area contributed by atoms with E-state index < -0.39 is 47.3 Å². The number of halogens is 6. The van der Waals surface area contributed by atoms with Crippen LogP contribution in [0.4, 0.5) is 36.8 Å². The number of nitrogens with zero attached hydrogens (tertiary/aromatic N) is 1. The number of amides is 3. The molecule has 4 N–H and O–H groups in total. The summed E-state index contributed by atoms with van der Waals surface area (Å²) in [6.07, 6.45) is -4.52. The van der Waals surface area contributed by atoms with Gasteiger partial charge in [0, 0.05) is 23.6 Å². The first-order valence-corrected chi connectivity index (χ1v) is 10.1.